The molecule has 0 bridgehead atoms. The molecule has 46 heavy (non-hydrogen) atoms. The molecule has 0 atom stereocenters. The van der Waals surface area contributed by atoms with Gasteiger partial charge in [-0.15, -0.1) is 0 Å². The summed E-state index contributed by atoms with van der Waals surface area (Å²) >= 11 is 0. The van der Waals surface area contributed by atoms with E-state index in [2.05, 4.69) is 117 Å². The molecule has 1 aliphatic rings. The first-order chi connectivity index (χ1) is 22.5. The minimum absolute atomic E-state index is 0.146. The number of furan rings is 1. The van der Waals surface area contributed by atoms with Gasteiger partial charge in [0.15, 0.2) is 5.82 Å². The maximum Gasteiger partial charge on any atom is 0.160 e. The van der Waals surface area contributed by atoms with Crippen LogP contribution in [0.4, 0.5) is 0 Å². The van der Waals surface area contributed by atoms with E-state index in [4.69, 9.17) is 14.4 Å². The molecule has 2 aromatic heterocycles. The zero-order valence-corrected chi connectivity index (χ0v) is 25.7. The quantitative estimate of drug-likeness (QED) is 0.205. The highest BCUT2D eigenvalue weighted by Gasteiger charge is 2.37. The zero-order chi connectivity index (χ0) is 30.8. The van der Waals surface area contributed by atoms with Gasteiger partial charge in [0.25, 0.3) is 0 Å². The van der Waals surface area contributed by atoms with Crippen LogP contribution >= 0.6 is 0 Å². The maximum absolute atomic E-state index is 6.27. The van der Waals surface area contributed by atoms with Crippen LogP contribution in [0, 0.1) is 0 Å². The van der Waals surface area contributed by atoms with Gasteiger partial charge in [-0.1, -0.05) is 129 Å². The number of aromatic nitrogens is 2. The highest BCUT2D eigenvalue weighted by atomic mass is 16.3. The molecule has 0 radical (unpaired) electrons. The molecule has 1 aliphatic carbocycles. The lowest BCUT2D eigenvalue weighted by Gasteiger charge is -2.22. The largest absolute Gasteiger partial charge is 0.456 e. The lowest BCUT2D eigenvalue weighted by atomic mass is 9.81. The molecular formula is C43H30N2O. The fourth-order valence-electron chi connectivity index (χ4n) is 7.15. The third-order valence-electron chi connectivity index (χ3n) is 9.50. The van der Waals surface area contributed by atoms with E-state index >= 15 is 0 Å². The number of fused-ring (bicyclic) bond motifs is 7. The number of para-hydroxylation sites is 1. The average molecular weight is 591 g/mol. The first-order valence-corrected chi connectivity index (χ1v) is 15.7. The third-order valence-corrected chi connectivity index (χ3v) is 9.50. The summed E-state index contributed by atoms with van der Waals surface area (Å²) in [5.74, 6) is 0.720. The molecule has 0 saturated carbocycles. The van der Waals surface area contributed by atoms with Crippen molar-refractivity contribution in [3.63, 3.8) is 0 Å². The van der Waals surface area contributed by atoms with E-state index in [-0.39, 0.29) is 5.41 Å². The van der Waals surface area contributed by atoms with Gasteiger partial charge in [-0.3, -0.25) is 0 Å². The van der Waals surface area contributed by atoms with Crippen molar-refractivity contribution in [3.8, 4) is 56.2 Å². The molecule has 0 N–H and O–H groups in total. The SMILES string of the molecule is CC1(C)c2cc(-c3cccc(-c4cc(-c5ccccc5)nc(-c5ccccc5)n4)c3)ccc2-c2c1ccc1oc3ccccc3c21. The Bertz CT molecular complexity index is 2380. The predicted molar refractivity (Wildman–Crippen MR) is 189 cm³/mol. The van der Waals surface area contributed by atoms with Crippen LogP contribution in [0.2, 0.25) is 0 Å². The molecule has 0 fully saturated rings. The normalized spacial score (nSPS) is 13.2. The maximum atomic E-state index is 6.27. The first kappa shape index (κ1) is 26.6. The van der Waals surface area contributed by atoms with Crippen molar-refractivity contribution in [1.82, 2.24) is 9.97 Å². The van der Waals surface area contributed by atoms with Gasteiger partial charge in [-0.05, 0) is 63.7 Å². The molecule has 8 aromatic rings. The lowest BCUT2D eigenvalue weighted by Crippen LogP contribution is -2.14. The highest BCUT2D eigenvalue weighted by Crippen LogP contribution is 2.53. The second-order valence-electron chi connectivity index (χ2n) is 12.6. The van der Waals surface area contributed by atoms with Crippen molar-refractivity contribution in [2.45, 2.75) is 19.3 Å². The molecule has 9 rings (SSSR count). The average Bonchev–Trinajstić information content (AvgIpc) is 3.60. The smallest absolute Gasteiger partial charge is 0.160 e. The van der Waals surface area contributed by atoms with Crippen LogP contribution in [0.1, 0.15) is 25.0 Å². The topological polar surface area (TPSA) is 38.9 Å². The van der Waals surface area contributed by atoms with Gasteiger partial charge >= 0.3 is 0 Å². The van der Waals surface area contributed by atoms with Crippen LogP contribution in [-0.2, 0) is 5.41 Å². The Labute approximate surface area is 267 Å². The van der Waals surface area contributed by atoms with Crippen LogP contribution < -0.4 is 0 Å². The number of benzene rings is 6. The van der Waals surface area contributed by atoms with Crippen LogP contribution in [0.25, 0.3) is 78.1 Å². The van der Waals surface area contributed by atoms with Crippen molar-refractivity contribution < 1.29 is 4.42 Å². The first-order valence-electron chi connectivity index (χ1n) is 15.7. The predicted octanol–water partition coefficient (Wildman–Crippen LogP) is 11.4. The van der Waals surface area contributed by atoms with E-state index in [1.807, 2.05) is 42.5 Å². The fraction of sp³-hybridized carbons (Fsp3) is 0.0698. The van der Waals surface area contributed by atoms with E-state index < -0.39 is 0 Å². The fourth-order valence-corrected chi connectivity index (χ4v) is 7.15. The third kappa shape index (κ3) is 4.13. The molecule has 6 aromatic carbocycles. The van der Waals surface area contributed by atoms with Gasteiger partial charge in [0.2, 0.25) is 0 Å². The Morgan fingerprint density at radius 1 is 0.478 bits per heavy atom. The van der Waals surface area contributed by atoms with Crippen LogP contribution in [0.5, 0.6) is 0 Å². The molecule has 0 saturated heterocycles. The van der Waals surface area contributed by atoms with Crippen LogP contribution in [0.15, 0.2) is 150 Å². The summed E-state index contributed by atoms with van der Waals surface area (Å²) in [5, 5.41) is 2.38. The Morgan fingerprint density at radius 3 is 1.93 bits per heavy atom. The summed E-state index contributed by atoms with van der Waals surface area (Å²) in [5.41, 5.74) is 14.3. The number of nitrogens with zero attached hydrogens (tertiary/aromatic N) is 2. The molecule has 3 nitrogen and oxygen atoms in total. The van der Waals surface area contributed by atoms with Gasteiger partial charge in [-0.25, -0.2) is 9.97 Å². The standard InChI is InChI=1S/C43H30N2O/c1-43(2)34-22-23-39-41(33-18-9-10-19-38(33)46-39)40(34)32-21-20-30(25-35(32)43)29-16-11-17-31(24-29)37-26-36(27-12-5-3-6-13-27)44-42(45-37)28-14-7-4-8-15-28/h3-26H,1-2H3. The Balaban J connectivity index is 1.17. The van der Waals surface area contributed by atoms with Crippen LogP contribution in [-0.4, -0.2) is 9.97 Å². The zero-order valence-electron chi connectivity index (χ0n) is 25.7. The minimum Gasteiger partial charge on any atom is -0.456 e. The summed E-state index contributed by atoms with van der Waals surface area (Å²) in [6.45, 7) is 4.67. The Kier molecular flexibility index (Phi) is 5.85. The molecule has 0 spiro atoms. The highest BCUT2D eigenvalue weighted by molar-refractivity contribution is 6.15. The van der Waals surface area contributed by atoms with E-state index in [0.29, 0.717) is 0 Å². The van der Waals surface area contributed by atoms with E-state index in [1.54, 1.807) is 0 Å². The molecule has 0 amide bonds. The van der Waals surface area contributed by atoms with Gasteiger partial charge in [0.05, 0.1) is 11.4 Å². The lowest BCUT2D eigenvalue weighted by molar-refractivity contribution is 0.657. The molecule has 218 valence electrons. The summed E-state index contributed by atoms with van der Waals surface area (Å²) in [4.78, 5) is 10.0. The van der Waals surface area contributed by atoms with Crippen molar-refractivity contribution in [3.05, 3.63) is 157 Å². The van der Waals surface area contributed by atoms with Crippen molar-refractivity contribution >= 4 is 21.9 Å². The van der Waals surface area contributed by atoms with Gasteiger partial charge in [0, 0.05) is 32.9 Å². The molecule has 2 heterocycles. The van der Waals surface area contributed by atoms with E-state index in [9.17, 15) is 0 Å². The van der Waals surface area contributed by atoms with Crippen molar-refractivity contribution in [2.75, 3.05) is 0 Å². The van der Waals surface area contributed by atoms with E-state index in [0.717, 1.165) is 50.6 Å². The number of rotatable bonds is 4. The summed E-state index contributed by atoms with van der Waals surface area (Å²) in [6, 6.07) is 51.1. The number of hydrogen-bond acceptors (Lipinski definition) is 3. The Hall–Kier alpha value is -5.80. The second-order valence-corrected chi connectivity index (χ2v) is 12.6. The van der Waals surface area contributed by atoms with E-state index in [1.165, 1.54) is 38.6 Å². The molecule has 0 unspecified atom stereocenters. The summed E-state index contributed by atoms with van der Waals surface area (Å²) < 4.78 is 6.27. The van der Waals surface area contributed by atoms with Crippen molar-refractivity contribution in [2.24, 2.45) is 0 Å². The van der Waals surface area contributed by atoms with Gasteiger partial charge in [0.1, 0.15) is 11.2 Å². The monoisotopic (exact) mass is 590 g/mol. The molecular weight excluding hydrogens is 560 g/mol. The summed E-state index contributed by atoms with van der Waals surface area (Å²) in [6.07, 6.45) is 0. The molecule has 3 heteroatoms. The van der Waals surface area contributed by atoms with Crippen LogP contribution in [0.3, 0.4) is 0 Å². The number of hydrogen-bond donors (Lipinski definition) is 0. The minimum atomic E-state index is -0.146. The molecule has 0 aliphatic heterocycles. The Morgan fingerprint density at radius 2 is 1.13 bits per heavy atom. The second kappa shape index (κ2) is 10.1. The van der Waals surface area contributed by atoms with Gasteiger partial charge in [-0.2, -0.15) is 0 Å². The van der Waals surface area contributed by atoms with Crippen molar-refractivity contribution in [1.29, 1.82) is 0 Å². The van der Waals surface area contributed by atoms with Gasteiger partial charge < -0.3 is 4.42 Å². The summed E-state index contributed by atoms with van der Waals surface area (Å²) in [7, 11) is 0.